The number of nitrogens with zero attached hydrogens (tertiary/aromatic N) is 2. The third-order valence-corrected chi connectivity index (χ3v) is 3.33. The van der Waals surface area contributed by atoms with Gasteiger partial charge in [-0.05, 0) is 35.0 Å². The molecule has 1 N–H and O–H groups in total. The van der Waals surface area contributed by atoms with E-state index < -0.39 is 0 Å². The average molecular weight is 298 g/mol. The summed E-state index contributed by atoms with van der Waals surface area (Å²) in [7, 11) is 0. The molecule has 0 fully saturated rings. The third kappa shape index (κ3) is 2.45. The largest absolute Gasteiger partial charge is 0.320 e. The number of hydrogen-bond donors (Lipinski definition) is 1. The number of anilines is 1. The van der Waals surface area contributed by atoms with Crippen molar-refractivity contribution < 1.29 is 4.79 Å². The van der Waals surface area contributed by atoms with Crippen molar-refractivity contribution in [3.63, 3.8) is 0 Å². The van der Waals surface area contributed by atoms with Crippen molar-refractivity contribution in [2.24, 2.45) is 0 Å². The standard InChI is InChI=1S/C10H8BrN3OS/c1-6-9(16-5-13-6)10(15)14-7-2-3-8(11)12-4-7/h2-5H,1H3,(H,14,15). The molecule has 0 spiro atoms. The van der Waals surface area contributed by atoms with Gasteiger partial charge in [0.05, 0.1) is 23.1 Å². The molecule has 2 aromatic heterocycles. The summed E-state index contributed by atoms with van der Waals surface area (Å²) in [5.74, 6) is -0.149. The summed E-state index contributed by atoms with van der Waals surface area (Å²) in [4.78, 5) is 20.5. The first-order valence-electron chi connectivity index (χ1n) is 4.50. The van der Waals surface area contributed by atoms with Crippen molar-refractivity contribution in [1.29, 1.82) is 0 Å². The number of halogens is 1. The van der Waals surface area contributed by atoms with Gasteiger partial charge in [-0.1, -0.05) is 0 Å². The second-order valence-corrected chi connectivity index (χ2v) is 4.76. The molecule has 0 radical (unpaired) electrons. The minimum absolute atomic E-state index is 0.149. The maximum atomic E-state index is 11.8. The monoisotopic (exact) mass is 297 g/mol. The molecule has 0 unspecified atom stereocenters. The van der Waals surface area contributed by atoms with Gasteiger partial charge in [-0.15, -0.1) is 11.3 Å². The van der Waals surface area contributed by atoms with Crippen molar-refractivity contribution in [2.75, 3.05) is 5.32 Å². The fourth-order valence-electron chi connectivity index (χ4n) is 1.16. The lowest BCUT2D eigenvalue weighted by atomic mass is 10.3. The van der Waals surface area contributed by atoms with Gasteiger partial charge in [-0.2, -0.15) is 0 Å². The van der Waals surface area contributed by atoms with Crippen molar-refractivity contribution >= 4 is 38.9 Å². The van der Waals surface area contributed by atoms with Crippen molar-refractivity contribution in [3.8, 4) is 0 Å². The molecule has 0 aliphatic heterocycles. The fraction of sp³-hybridized carbons (Fsp3) is 0.100. The van der Waals surface area contributed by atoms with Crippen LogP contribution in [0.4, 0.5) is 5.69 Å². The van der Waals surface area contributed by atoms with E-state index in [2.05, 4.69) is 31.2 Å². The number of carbonyl (C=O) groups excluding carboxylic acids is 1. The van der Waals surface area contributed by atoms with Gasteiger partial charge in [-0.3, -0.25) is 4.79 Å². The number of hydrogen-bond acceptors (Lipinski definition) is 4. The Kier molecular flexibility index (Phi) is 3.31. The fourth-order valence-corrected chi connectivity index (χ4v) is 2.09. The van der Waals surface area contributed by atoms with E-state index in [-0.39, 0.29) is 5.91 Å². The first kappa shape index (κ1) is 11.2. The van der Waals surface area contributed by atoms with Gasteiger partial charge in [0.2, 0.25) is 0 Å². The van der Waals surface area contributed by atoms with Gasteiger partial charge < -0.3 is 5.32 Å². The van der Waals surface area contributed by atoms with Crippen LogP contribution in [0.3, 0.4) is 0 Å². The van der Waals surface area contributed by atoms with E-state index in [4.69, 9.17) is 0 Å². The minimum atomic E-state index is -0.149. The van der Waals surface area contributed by atoms with Gasteiger partial charge in [-0.25, -0.2) is 9.97 Å². The third-order valence-electron chi connectivity index (χ3n) is 1.94. The van der Waals surface area contributed by atoms with Crippen LogP contribution in [0.5, 0.6) is 0 Å². The number of rotatable bonds is 2. The Morgan fingerprint density at radius 1 is 1.44 bits per heavy atom. The number of amides is 1. The molecule has 2 heterocycles. The Labute approximate surface area is 105 Å². The SMILES string of the molecule is Cc1ncsc1C(=O)Nc1ccc(Br)nc1. The van der Waals surface area contributed by atoms with Gasteiger partial charge in [0, 0.05) is 0 Å². The molecule has 1 amide bonds. The second-order valence-electron chi connectivity index (χ2n) is 3.09. The Balaban J connectivity index is 2.14. The molecule has 0 bridgehead atoms. The van der Waals surface area contributed by atoms with Crippen LogP contribution in [-0.4, -0.2) is 15.9 Å². The van der Waals surface area contributed by atoms with Gasteiger partial charge >= 0.3 is 0 Å². The predicted molar refractivity (Wildman–Crippen MR) is 66.7 cm³/mol. The summed E-state index contributed by atoms with van der Waals surface area (Å²) < 4.78 is 0.736. The molecule has 2 rings (SSSR count). The first-order chi connectivity index (χ1) is 7.66. The van der Waals surface area contributed by atoms with Crippen LogP contribution < -0.4 is 5.32 Å². The Bertz CT molecular complexity index is 509. The molecular formula is C10H8BrN3OS. The quantitative estimate of drug-likeness (QED) is 0.867. The maximum Gasteiger partial charge on any atom is 0.267 e. The zero-order valence-electron chi connectivity index (χ0n) is 8.40. The number of thiazole rings is 1. The highest BCUT2D eigenvalue weighted by Gasteiger charge is 2.11. The Morgan fingerprint density at radius 2 is 2.25 bits per heavy atom. The van der Waals surface area contributed by atoms with Crippen LogP contribution >= 0.6 is 27.3 Å². The highest BCUT2D eigenvalue weighted by molar-refractivity contribution is 9.10. The van der Waals surface area contributed by atoms with Gasteiger partial charge in [0.1, 0.15) is 9.48 Å². The smallest absolute Gasteiger partial charge is 0.267 e. The molecule has 0 aliphatic carbocycles. The summed E-state index contributed by atoms with van der Waals surface area (Å²) in [6, 6.07) is 3.56. The zero-order valence-corrected chi connectivity index (χ0v) is 10.8. The molecule has 0 aromatic carbocycles. The molecule has 0 saturated carbocycles. The summed E-state index contributed by atoms with van der Waals surface area (Å²) in [6.07, 6.45) is 1.60. The average Bonchev–Trinajstić information content (AvgIpc) is 2.68. The Morgan fingerprint density at radius 3 is 2.81 bits per heavy atom. The number of pyridine rings is 1. The molecule has 16 heavy (non-hydrogen) atoms. The zero-order chi connectivity index (χ0) is 11.5. The molecule has 4 nitrogen and oxygen atoms in total. The maximum absolute atomic E-state index is 11.8. The van der Waals surface area contributed by atoms with Crippen LogP contribution in [0.25, 0.3) is 0 Å². The highest BCUT2D eigenvalue weighted by atomic mass is 79.9. The highest BCUT2D eigenvalue weighted by Crippen LogP contribution is 2.16. The summed E-state index contributed by atoms with van der Waals surface area (Å²) in [6.45, 7) is 1.81. The summed E-state index contributed by atoms with van der Waals surface area (Å²) in [5, 5.41) is 2.76. The van der Waals surface area contributed by atoms with Crippen molar-refractivity contribution in [1.82, 2.24) is 9.97 Å². The molecule has 0 atom stereocenters. The van der Waals surface area contributed by atoms with Crippen LogP contribution in [0.15, 0.2) is 28.4 Å². The number of aryl methyl sites for hydroxylation is 1. The van der Waals surface area contributed by atoms with Crippen LogP contribution in [0.2, 0.25) is 0 Å². The molecular weight excluding hydrogens is 290 g/mol. The van der Waals surface area contributed by atoms with Crippen LogP contribution in [0.1, 0.15) is 15.4 Å². The van der Waals surface area contributed by atoms with E-state index >= 15 is 0 Å². The van der Waals surface area contributed by atoms with Crippen molar-refractivity contribution in [2.45, 2.75) is 6.92 Å². The Hall–Kier alpha value is -1.27. The molecule has 0 aliphatic rings. The van der Waals surface area contributed by atoms with Gasteiger partial charge in [0.15, 0.2) is 0 Å². The van der Waals surface area contributed by atoms with E-state index in [1.54, 1.807) is 23.8 Å². The van der Waals surface area contributed by atoms with E-state index in [0.29, 0.717) is 10.6 Å². The molecule has 0 saturated heterocycles. The first-order valence-corrected chi connectivity index (χ1v) is 6.17. The van der Waals surface area contributed by atoms with E-state index in [1.165, 1.54) is 11.3 Å². The lowest BCUT2D eigenvalue weighted by Crippen LogP contribution is -2.11. The second kappa shape index (κ2) is 4.71. The van der Waals surface area contributed by atoms with Gasteiger partial charge in [0.25, 0.3) is 5.91 Å². The summed E-state index contributed by atoms with van der Waals surface area (Å²) in [5.41, 5.74) is 3.07. The normalized spacial score (nSPS) is 10.1. The number of carbonyl (C=O) groups is 1. The topological polar surface area (TPSA) is 54.9 Å². The van der Waals surface area contributed by atoms with E-state index in [0.717, 1.165) is 10.3 Å². The van der Waals surface area contributed by atoms with Crippen LogP contribution in [0, 0.1) is 6.92 Å². The number of aromatic nitrogens is 2. The molecule has 6 heteroatoms. The van der Waals surface area contributed by atoms with Crippen LogP contribution in [-0.2, 0) is 0 Å². The molecule has 82 valence electrons. The number of nitrogens with one attached hydrogen (secondary N) is 1. The predicted octanol–water partition coefficient (Wildman–Crippen LogP) is 2.86. The lowest BCUT2D eigenvalue weighted by Gasteiger charge is -2.03. The minimum Gasteiger partial charge on any atom is -0.320 e. The van der Waals surface area contributed by atoms with E-state index in [1.807, 2.05) is 6.92 Å². The van der Waals surface area contributed by atoms with E-state index in [9.17, 15) is 4.79 Å². The summed E-state index contributed by atoms with van der Waals surface area (Å²) >= 11 is 4.56. The van der Waals surface area contributed by atoms with Crippen molar-refractivity contribution in [3.05, 3.63) is 39.0 Å². The lowest BCUT2D eigenvalue weighted by molar-refractivity contribution is 0.103. The molecule has 2 aromatic rings.